The molecule has 31 heavy (non-hydrogen) atoms. The quantitative estimate of drug-likeness (QED) is 0.715. The molecule has 2 atom stereocenters. The first-order chi connectivity index (χ1) is 14.5. The third kappa shape index (κ3) is 5.99. The fourth-order valence-corrected chi connectivity index (χ4v) is 5.36. The Balaban J connectivity index is 1.60. The Kier molecular flexibility index (Phi) is 7.33. The zero-order chi connectivity index (χ0) is 22.8. The Morgan fingerprint density at radius 1 is 1.03 bits per heavy atom. The molecule has 0 bridgehead atoms. The highest BCUT2D eigenvalue weighted by molar-refractivity contribution is 7.90. The number of benzene rings is 1. The van der Waals surface area contributed by atoms with Gasteiger partial charge in [-0.2, -0.15) is 0 Å². The van der Waals surface area contributed by atoms with Crippen molar-refractivity contribution >= 4 is 27.3 Å². The van der Waals surface area contributed by atoms with Gasteiger partial charge in [0.25, 0.3) is 0 Å². The summed E-state index contributed by atoms with van der Waals surface area (Å²) in [5.41, 5.74) is 1.84. The average Bonchev–Trinajstić information content (AvgIpc) is 2.67. The lowest BCUT2D eigenvalue weighted by atomic mass is 9.86. The third-order valence-electron chi connectivity index (χ3n) is 6.15. The van der Waals surface area contributed by atoms with Crippen LogP contribution >= 0.6 is 0 Å². The van der Waals surface area contributed by atoms with Gasteiger partial charge in [-0.15, -0.1) is 0 Å². The molecule has 0 unspecified atom stereocenters. The van der Waals surface area contributed by atoms with E-state index in [9.17, 15) is 13.2 Å². The number of anilines is 2. The highest BCUT2D eigenvalue weighted by atomic mass is 32.2. The predicted octanol–water partition coefficient (Wildman–Crippen LogP) is 3.52. The molecule has 2 aliphatic rings. The largest absolute Gasteiger partial charge is 0.372 e. The summed E-state index contributed by atoms with van der Waals surface area (Å²) >= 11 is 0. The monoisotopic (exact) mass is 451 g/mol. The second-order valence-corrected chi connectivity index (χ2v) is 12.4. The number of hydrogen-bond donors (Lipinski definition) is 2. The first-order valence-electron chi connectivity index (χ1n) is 11.3. The zero-order valence-electron chi connectivity index (χ0n) is 19.3. The minimum Gasteiger partial charge on any atom is -0.372 e. The van der Waals surface area contributed by atoms with Crippen molar-refractivity contribution in [2.24, 2.45) is 5.92 Å². The van der Waals surface area contributed by atoms with Gasteiger partial charge in [0.1, 0.15) is 0 Å². The van der Waals surface area contributed by atoms with Gasteiger partial charge in [0.05, 0.1) is 28.3 Å². The number of amides is 1. The summed E-state index contributed by atoms with van der Waals surface area (Å²) in [6.45, 7) is 10.8. The molecule has 3 rings (SSSR count). The molecule has 1 amide bonds. The number of carbonyl (C=O) groups is 1. The van der Waals surface area contributed by atoms with Crippen LogP contribution in [0.4, 0.5) is 11.4 Å². The molecule has 0 spiro atoms. The van der Waals surface area contributed by atoms with E-state index >= 15 is 0 Å². The number of nitrogens with zero attached hydrogens (tertiary/aromatic N) is 1. The molecule has 2 fully saturated rings. The van der Waals surface area contributed by atoms with Crippen LogP contribution in [0.2, 0.25) is 0 Å². The first kappa shape index (κ1) is 24.0. The van der Waals surface area contributed by atoms with E-state index < -0.39 is 14.8 Å². The van der Waals surface area contributed by atoms with Gasteiger partial charge in [0.15, 0.2) is 0 Å². The average molecular weight is 452 g/mol. The standard InChI is InChI=1S/C23H37N3O4S/c1-16-14-26(15-17(2)30-16)21-9-7-6-8-20(21)24-22(27)18-10-12-19(13-11-18)25-31(28,29)23(3,4)5/h6-9,16-19,25H,10-15H2,1-5H3,(H,24,27)/t16-,17+,18?,19?. The fraction of sp³-hybridized carbons (Fsp3) is 0.696. The van der Waals surface area contributed by atoms with Crippen molar-refractivity contribution in [2.45, 2.75) is 83.3 Å². The van der Waals surface area contributed by atoms with E-state index in [0.29, 0.717) is 25.7 Å². The van der Waals surface area contributed by atoms with Crippen LogP contribution in [0.5, 0.6) is 0 Å². The lowest BCUT2D eigenvalue weighted by Gasteiger charge is -2.38. The number of rotatable bonds is 5. The Morgan fingerprint density at radius 3 is 2.19 bits per heavy atom. The molecule has 2 N–H and O–H groups in total. The number of hydrogen-bond acceptors (Lipinski definition) is 5. The smallest absolute Gasteiger partial charge is 0.227 e. The van der Waals surface area contributed by atoms with Gasteiger partial charge in [-0.1, -0.05) is 12.1 Å². The highest BCUT2D eigenvalue weighted by Gasteiger charge is 2.34. The number of nitrogens with one attached hydrogen (secondary N) is 2. The van der Waals surface area contributed by atoms with E-state index in [1.54, 1.807) is 20.8 Å². The van der Waals surface area contributed by atoms with Gasteiger partial charge in [0.2, 0.25) is 15.9 Å². The summed E-state index contributed by atoms with van der Waals surface area (Å²) in [6, 6.07) is 7.81. The molecule has 1 aromatic carbocycles. The molecular weight excluding hydrogens is 414 g/mol. The van der Waals surface area contributed by atoms with Crippen LogP contribution in [0, 0.1) is 5.92 Å². The minimum atomic E-state index is -3.38. The summed E-state index contributed by atoms with van der Waals surface area (Å²) in [6.07, 6.45) is 2.98. The summed E-state index contributed by atoms with van der Waals surface area (Å²) in [5, 5.41) is 3.13. The van der Waals surface area contributed by atoms with Crippen molar-refractivity contribution in [2.75, 3.05) is 23.3 Å². The van der Waals surface area contributed by atoms with Crippen LogP contribution in [0.1, 0.15) is 60.3 Å². The second kappa shape index (κ2) is 9.46. The Morgan fingerprint density at radius 2 is 1.61 bits per heavy atom. The Labute approximate surface area is 187 Å². The van der Waals surface area contributed by atoms with Crippen LogP contribution in [0.15, 0.2) is 24.3 Å². The molecule has 1 aliphatic heterocycles. The fourth-order valence-electron chi connectivity index (χ4n) is 4.33. The summed E-state index contributed by atoms with van der Waals surface area (Å²) in [5.74, 6) is -0.0927. The van der Waals surface area contributed by atoms with E-state index in [0.717, 1.165) is 24.5 Å². The third-order valence-corrected chi connectivity index (χ3v) is 8.40. The maximum absolute atomic E-state index is 13.0. The maximum atomic E-state index is 13.0. The summed E-state index contributed by atoms with van der Waals surface area (Å²) in [7, 11) is -3.38. The lowest BCUT2D eigenvalue weighted by Crippen LogP contribution is -2.46. The molecule has 1 aliphatic carbocycles. The van der Waals surface area contributed by atoms with Crippen molar-refractivity contribution in [1.29, 1.82) is 0 Å². The van der Waals surface area contributed by atoms with E-state index in [4.69, 9.17) is 4.74 Å². The van der Waals surface area contributed by atoms with Crippen molar-refractivity contribution in [1.82, 2.24) is 4.72 Å². The highest BCUT2D eigenvalue weighted by Crippen LogP contribution is 2.31. The zero-order valence-corrected chi connectivity index (χ0v) is 20.2. The predicted molar refractivity (Wildman–Crippen MR) is 125 cm³/mol. The van der Waals surface area contributed by atoms with Crippen LogP contribution in [-0.2, 0) is 19.6 Å². The van der Waals surface area contributed by atoms with E-state index in [-0.39, 0.29) is 30.1 Å². The topological polar surface area (TPSA) is 87.7 Å². The summed E-state index contributed by atoms with van der Waals surface area (Å²) < 4.78 is 32.6. The molecule has 8 heteroatoms. The van der Waals surface area contributed by atoms with E-state index in [2.05, 4.69) is 28.8 Å². The molecule has 7 nitrogen and oxygen atoms in total. The second-order valence-electron chi connectivity index (χ2n) is 9.95. The van der Waals surface area contributed by atoms with Crippen LogP contribution in [0.3, 0.4) is 0 Å². The van der Waals surface area contributed by atoms with Crippen molar-refractivity contribution in [3.63, 3.8) is 0 Å². The molecule has 1 saturated heterocycles. The van der Waals surface area contributed by atoms with Crippen molar-refractivity contribution in [3.05, 3.63) is 24.3 Å². The van der Waals surface area contributed by atoms with Crippen LogP contribution in [-0.4, -0.2) is 50.4 Å². The van der Waals surface area contributed by atoms with Gasteiger partial charge in [0, 0.05) is 25.0 Å². The first-order valence-corrected chi connectivity index (χ1v) is 12.8. The van der Waals surface area contributed by atoms with Gasteiger partial charge in [-0.3, -0.25) is 4.79 Å². The van der Waals surface area contributed by atoms with Gasteiger partial charge in [-0.05, 0) is 72.4 Å². The maximum Gasteiger partial charge on any atom is 0.227 e. The molecule has 0 aromatic heterocycles. The molecule has 174 valence electrons. The van der Waals surface area contributed by atoms with Crippen LogP contribution in [0.25, 0.3) is 0 Å². The number of ether oxygens (including phenoxy) is 1. The lowest BCUT2D eigenvalue weighted by molar-refractivity contribution is -0.120. The number of para-hydroxylation sites is 2. The Bertz CT molecular complexity index is 863. The van der Waals surface area contributed by atoms with Crippen molar-refractivity contribution < 1.29 is 17.9 Å². The van der Waals surface area contributed by atoms with Gasteiger partial charge < -0.3 is 15.0 Å². The van der Waals surface area contributed by atoms with Crippen molar-refractivity contribution in [3.8, 4) is 0 Å². The number of sulfonamides is 1. The van der Waals surface area contributed by atoms with E-state index in [1.165, 1.54) is 0 Å². The number of morpholine rings is 1. The Hall–Kier alpha value is -1.64. The number of carbonyl (C=O) groups excluding carboxylic acids is 1. The minimum absolute atomic E-state index is 0.0129. The summed E-state index contributed by atoms with van der Waals surface area (Å²) in [4.78, 5) is 15.3. The normalized spacial score (nSPS) is 27.7. The van der Waals surface area contributed by atoms with E-state index in [1.807, 2.05) is 24.3 Å². The van der Waals surface area contributed by atoms with Gasteiger partial charge >= 0.3 is 0 Å². The molecule has 1 heterocycles. The molecule has 1 saturated carbocycles. The molecule has 0 radical (unpaired) electrons. The molecule has 1 aromatic rings. The van der Waals surface area contributed by atoms with Crippen LogP contribution < -0.4 is 14.9 Å². The SMILES string of the molecule is C[C@@H]1CN(c2ccccc2NC(=O)C2CCC(NS(=O)(=O)C(C)(C)C)CC2)C[C@H](C)O1. The van der Waals surface area contributed by atoms with Gasteiger partial charge in [-0.25, -0.2) is 13.1 Å². The molecular formula is C23H37N3O4S.